The van der Waals surface area contributed by atoms with E-state index in [-0.39, 0.29) is 5.91 Å². The van der Waals surface area contributed by atoms with Crippen LogP contribution in [0.15, 0.2) is 24.3 Å². The third-order valence-corrected chi connectivity index (χ3v) is 3.28. The molecule has 0 spiro atoms. The van der Waals surface area contributed by atoms with Crippen LogP contribution in [0.25, 0.3) is 0 Å². The minimum atomic E-state index is -0.0261. The van der Waals surface area contributed by atoms with E-state index in [2.05, 4.69) is 34.3 Å². The number of anilines is 1. The molecule has 1 aromatic carbocycles. The Bertz CT molecular complexity index is 394. The summed E-state index contributed by atoms with van der Waals surface area (Å²) in [6, 6.07) is 8.10. The van der Waals surface area contributed by atoms with Gasteiger partial charge in [-0.25, -0.2) is 0 Å². The molecule has 1 aromatic rings. The molecule has 0 aliphatic carbocycles. The molecule has 4 nitrogen and oxygen atoms in total. The van der Waals surface area contributed by atoms with Crippen molar-refractivity contribution in [3.05, 3.63) is 29.8 Å². The van der Waals surface area contributed by atoms with Crippen molar-refractivity contribution in [1.82, 2.24) is 9.80 Å². The topological polar surface area (TPSA) is 35.6 Å². The van der Waals surface area contributed by atoms with Crippen LogP contribution in [-0.4, -0.2) is 48.9 Å². The lowest BCUT2D eigenvalue weighted by atomic mass is 10.2. The van der Waals surface area contributed by atoms with Crippen molar-refractivity contribution < 1.29 is 4.79 Å². The van der Waals surface area contributed by atoms with Crippen LogP contribution in [0.4, 0.5) is 5.69 Å². The molecule has 1 heterocycles. The summed E-state index contributed by atoms with van der Waals surface area (Å²) in [5.41, 5.74) is 2.17. The van der Waals surface area contributed by atoms with Crippen molar-refractivity contribution >= 4 is 11.6 Å². The molecule has 1 N–H and O–H groups in total. The smallest absolute Gasteiger partial charge is 0.221 e. The predicted octanol–water partition coefficient (Wildman–Crippen LogP) is 1.39. The molecule has 1 amide bonds. The summed E-state index contributed by atoms with van der Waals surface area (Å²) in [6.45, 7) is 7.06. The minimum absolute atomic E-state index is 0.0261. The van der Waals surface area contributed by atoms with Crippen LogP contribution in [0.2, 0.25) is 0 Å². The Morgan fingerprint density at radius 3 is 2.33 bits per heavy atom. The normalized spacial score (nSPS) is 17.7. The minimum Gasteiger partial charge on any atom is -0.326 e. The van der Waals surface area contributed by atoms with Gasteiger partial charge in [-0.3, -0.25) is 9.69 Å². The van der Waals surface area contributed by atoms with E-state index in [9.17, 15) is 4.79 Å². The first-order valence-electron chi connectivity index (χ1n) is 6.41. The Morgan fingerprint density at radius 1 is 1.17 bits per heavy atom. The van der Waals surface area contributed by atoms with Gasteiger partial charge in [-0.2, -0.15) is 0 Å². The lowest BCUT2D eigenvalue weighted by Gasteiger charge is -2.32. The van der Waals surface area contributed by atoms with Crippen LogP contribution < -0.4 is 5.32 Å². The average Bonchev–Trinajstić information content (AvgIpc) is 2.34. The second-order valence-corrected chi connectivity index (χ2v) is 4.96. The van der Waals surface area contributed by atoms with Crippen LogP contribution in [-0.2, 0) is 11.3 Å². The van der Waals surface area contributed by atoms with Gasteiger partial charge in [-0.1, -0.05) is 12.1 Å². The van der Waals surface area contributed by atoms with Crippen LogP contribution in [0.5, 0.6) is 0 Å². The van der Waals surface area contributed by atoms with E-state index in [0.717, 1.165) is 38.4 Å². The molecule has 1 saturated heterocycles. The average molecular weight is 247 g/mol. The fourth-order valence-electron chi connectivity index (χ4n) is 2.16. The van der Waals surface area contributed by atoms with E-state index in [1.165, 1.54) is 12.5 Å². The maximum Gasteiger partial charge on any atom is 0.221 e. The largest absolute Gasteiger partial charge is 0.326 e. The summed E-state index contributed by atoms with van der Waals surface area (Å²) in [7, 11) is 2.17. The van der Waals surface area contributed by atoms with Crippen LogP contribution >= 0.6 is 0 Å². The first-order chi connectivity index (χ1) is 8.63. The van der Waals surface area contributed by atoms with Crippen molar-refractivity contribution in [1.29, 1.82) is 0 Å². The van der Waals surface area contributed by atoms with Gasteiger partial charge in [0, 0.05) is 45.3 Å². The van der Waals surface area contributed by atoms with Gasteiger partial charge in [0.2, 0.25) is 5.91 Å². The van der Waals surface area contributed by atoms with E-state index in [1.807, 2.05) is 12.1 Å². The van der Waals surface area contributed by atoms with E-state index in [0.29, 0.717) is 0 Å². The highest BCUT2D eigenvalue weighted by Crippen LogP contribution is 2.12. The van der Waals surface area contributed by atoms with Crippen LogP contribution in [0.1, 0.15) is 12.5 Å². The number of hydrogen-bond acceptors (Lipinski definition) is 3. The standard InChI is InChI=1S/C14H21N3O/c1-12(18)15-14-5-3-13(4-6-14)11-17-9-7-16(2)8-10-17/h3-6H,7-11H2,1-2H3,(H,15,18). The van der Waals surface area contributed by atoms with Gasteiger partial charge in [0.25, 0.3) is 0 Å². The third-order valence-electron chi connectivity index (χ3n) is 3.28. The van der Waals surface area contributed by atoms with Gasteiger partial charge in [0.05, 0.1) is 0 Å². The summed E-state index contributed by atoms with van der Waals surface area (Å²) in [4.78, 5) is 15.7. The molecule has 1 aliphatic heterocycles. The lowest BCUT2D eigenvalue weighted by Crippen LogP contribution is -2.43. The summed E-state index contributed by atoms with van der Waals surface area (Å²) >= 11 is 0. The zero-order valence-electron chi connectivity index (χ0n) is 11.1. The number of amides is 1. The number of nitrogens with one attached hydrogen (secondary N) is 1. The number of hydrogen-bond donors (Lipinski definition) is 1. The quantitative estimate of drug-likeness (QED) is 0.877. The van der Waals surface area contributed by atoms with Gasteiger partial charge >= 0.3 is 0 Å². The molecule has 0 radical (unpaired) electrons. The molecule has 4 heteroatoms. The van der Waals surface area contributed by atoms with Crippen LogP contribution in [0, 0.1) is 0 Å². The number of carbonyl (C=O) groups is 1. The molecule has 18 heavy (non-hydrogen) atoms. The third kappa shape index (κ3) is 3.82. The number of benzene rings is 1. The lowest BCUT2D eigenvalue weighted by molar-refractivity contribution is -0.114. The molecular weight excluding hydrogens is 226 g/mol. The van der Waals surface area contributed by atoms with E-state index in [4.69, 9.17) is 0 Å². The highest BCUT2D eigenvalue weighted by Gasteiger charge is 2.13. The molecule has 2 rings (SSSR count). The fraction of sp³-hybridized carbons (Fsp3) is 0.500. The maximum absolute atomic E-state index is 10.9. The van der Waals surface area contributed by atoms with Crippen LogP contribution in [0.3, 0.4) is 0 Å². The molecule has 0 unspecified atom stereocenters. The highest BCUT2D eigenvalue weighted by molar-refractivity contribution is 5.88. The van der Waals surface area contributed by atoms with Crippen molar-refractivity contribution in [2.45, 2.75) is 13.5 Å². The summed E-state index contributed by atoms with van der Waals surface area (Å²) in [5, 5.41) is 2.78. The van der Waals surface area contributed by atoms with Gasteiger partial charge < -0.3 is 10.2 Å². The van der Waals surface area contributed by atoms with Gasteiger partial charge in [0.1, 0.15) is 0 Å². The van der Waals surface area contributed by atoms with Crippen molar-refractivity contribution in [3.8, 4) is 0 Å². The Kier molecular flexibility index (Phi) is 4.33. The molecule has 1 fully saturated rings. The Hall–Kier alpha value is -1.39. The Labute approximate surface area is 109 Å². The van der Waals surface area contributed by atoms with Gasteiger partial charge in [-0.15, -0.1) is 0 Å². The monoisotopic (exact) mass is 247 g/mol. The molecule has 0 bridgehead atoms. The van der Waals surface area contributed by atoms with E-state index in [1.54, 1.807) is 0 Å². The number of piperazine rings is 1. The van der Waals surface area contributed by atoms with Gasteiger partial charge in [-0.05, 0) is 24.7 Å². The number of likely N-dealkylation sites (N-methyl/N-ethyl adjacent to an activating group) is 1. The first kappa shape index (κ1) is 13.1. The maximum atomic E-state index is 10.9. The Balaban J connectivity index is 1.88. The molecule has 98 valence electrons. The van der Waals surface area contributed by atoms with Crippen molar-refractivity contribution in [3.63, 3.8) is 0 Å². The van der Waals surface area contributed by atoms with Crippen molar-refractivity contribution in [2.24, 2.45) is 0 Å². The first-order valence-corrected chi connectivity index (χ1v) is 6.41. The Morgan fingerprint density at radius 2 is 1.78 bits per heavy atom. The predicted molar refractivity (Wildman–Crippen MR) is 73.5 cm³/mol. The zero-order chi connectivity index (χ0) is 13.0. The highest BCUT2D eigenvalue weighted by atomic mass is 16.1. The molecule has 0 aromatic heterocycles. The fourth-order valence-corrected chi connectivity index (χ4v) is 2.16. The van der Waals surface area contributed by atoms with Gasteiger partial charge in [0.15, 0.2) is 0 Å². The molecule has 1 aliphatic rings. The number of rotatable bonds is 3. The molecule has 0 saturated carbocycles. The number of nitrogens with zero attached hydrogens (tertiary/aromatic N) is 2. The zero-order valence-corrected chi connectivity index (χ0v) is 11.1. The van der Waals surface area contributed by atoms with E-state index < -0.39 is 0 Å². The van der Waals surface area contributed by atoms with E-state index >= 15 is 0 Å². The molecule has 0 atom stereocenters. The second-order valence-electron chi connectivity index (χ2n) is 4.96. The molecular formula is C14H21N3O. The summed E-state index contributed by atoms with van der Waals surface area (Å²) in [5.74, 6) is -0.0261. The number of carbonyl (C=O) groups excluding carboxylic acids is 1. The summed E-state index contributed by atoms with van der Waals surface area (Å²) < 4.78 is 0. The second kappa shape index (κ2) is 5.98. The summed E-state index contributed by atoms with van der Waals surface area (Å²) in [6.07, 6.45) is 0. The van der Waals surface area contributed by atoms with Crippen molar-refractivity contribution in [2.75, 3.05) is 38.5 Å². The SMILES string of the molecule is CC(=O)Nc1ccc(CN2CCN(C)CC2)cc1.